The van der Waals surface area contributed by atoms with E-state index in [-0.39, 0.29) is 5.82 Å². The Morgan fingerprint density at radius 3 is 2.47 bits per heavy atom. The number of halogens is 1. The maximum atomic E-state index is 13.9. The quantitative estimate of drug-likeness (QED) is 0.384. The molecule has 32 heavy (non-hydrogen) atoms. The van der Waals surface area contributed by atoms with Gasteiger partial charge < -0.3 is 14.9 Å². The Bertz CT molecular complexity index is 1370. The SMILES string of the molecule is Cc1cc(F)cc2c1cc(C)n2CCNc1cc(-c2ccc(-c3c[nH]cn3)cc2)ncn1. The second-order valence-corrected chi connectivity index (χ2v) is 7.84. The van der Waals surface area contributed by atoms with Gasteiger partial charge in [-0.3, -0.25) is 0 Å². The van der Waals surface area contributed by atoms with Gasteiger partial charge in [0.2, 0.25) is 0 Å². The van der Waals surface area contributed by atoms with E-state index in [1.54, 1.807) is 24.8 Å². The van der Waals surface area contributed by atoms with Crippen molar-refractivity contribution in [1.82, 2.24) is 24.5 Å². The molecule has 0 spiro atoms. The summed E-state index contributed by atoms with van der Waals surface area (Å²) in [5, 5.41) is 4.46. The van der Waals surface area contributed by atoms with Crippen LogP contribution < -0.4 is 5.32 Å². The lowest BCUT2D eigenvalue weighted by atomic mass is 10.1. The van der Waals surface area contributed by atoms with Gasteiger partial charge in [0.15, 0.2) is 0 Å². The fourth-order valence-electron chi connectivity index (χ4n) is 4.06. The molecule has 5 aromatic rings. The van der Waals surface area contributed by atoms with E-state index in [9.17, 15) is 4.39 Å². The summed E-state index contributed by atoms with van der Waals surface area (Å²) in [7, 11) is 0. The lowest BCUT2D eigenvalue weighted by Gasteiger charge is -2.11. The van der Waals surface area contributed by atoms with Gasteiger partial charge in [-0.1, -0.05) is 24.3 Å². The van der Waals surface area contributed by atoms with Crippen molar-refractivity contribution in [3.05, 3.63) is 84.5 Å². The molecule has 0 atom stereocenters. The first-order valence-corrected chi connectivity index (χ1v) is 10.5. The van der Waals surface area contributed by atoms with Crippen molar-refractivity contribution in [2.24, 2.45) is 0 Å². The smallest absolute Gasteiger partial charge is 0.130 e. The number of anilines is 1. The predicted octanol–water partition coefficient (Wildman–Crippen LogP) is 5.36. The molecule has 0 aliphatic heterocycles. The fourth-order valence-corrected chi connectivity index (χ4v) is 4.06. The summed E-state index contributed by atoms with van der Waals surface area (Å²) in [5.41, 5.74) is 6.78. The molecule has 0 fully saturated rings. The summed E-state index contributed by atoms with van der Waals surface area (Å²) in [5.74, 6) is 0.545. The molecule has 0 radical (unpaired) electrons. The topological polar surface area (TPSA) is 71.4 Å². The standard InChI is InChI=1S/C25H23FN6/c1-16-9-20(26)11-24-21(16)10-17(2)32(24)8-7-28-25-12-22(30-15-31-25)18-3-5-19(6-4-18)23-13-27-14-29-23/h3-6,9-15H,7-8H2,1-2H3,(H,27,29)(H,28,30,31). The van der Waals surface area contributed by atoms with Crippen LogP contribution in [0.1, 0.15) is 11.3 Å². The third kappa shape index (κ3) is 3.85. The van der Waals surface area contributed by atoms with Gasteiger partial charge >= 0.3 is 0 Å². The van der Waals surface area contributed by atoms with Gasteiger partial charge in [0.25, 0.3) is 0 Å². The molecule has 0 saturated carbocycles. The van der Waals surface area contributed by atoms with Gasteiger partial charge in [-0.05, 0) is 37.6 Å². The zero-order chi connectivity index (χ0) is 22.1. The van der Waals surface area contributed by atoms with Crippen molar-refractivity contribution in [2.75, 3.05) is 11.9 Å². The molecular weight excluding hydrogens is 403 g/mol. The van der Waals surface area contributed by atoms with Crippen LogP contribution in [0.4, 0.5) is 10.2 Å². The summed E-state index contributed by atoms with van der Waals surface area (Å²) >= 11 is 0. The largest absolute Gasteiger partial charge is 0.368 e. The Balaban J connectivity index is 1.30. The summed E-state index contributed by atoms with van der Waals surface area (Å²) in [6, 6.07) is 15.3. The third-order valence-electron chi connectivity index (χ3n) is 5.68. The highest BCUT2D eigenvalue weighted by Crippen LogP contribution is 2.25. The number of benzene rings is 2. The normalized spacial score (nSPS) is 11.2. The first kappa shape index (κ1) is 19.9. The van der Waals surface area contributed by atoms with Crippen molar-refractivity contribution in [2.45, 2.75) is 20.4 Å². The van der Waals surface area contributed by atoms with Crippen LogP contribution in [0.15, 0.2) is 67.4 Å². The molecule has 160 valence electrons. The lowest BCUT2D eigenvalue weighted by molar-refractivity contribution is 0.626. The van der Waals surface area contributed by atoms with E-state index in [1.807, 2.05) is 50.4 Å². The van der Waals surface area contributed by atoms with Crippen molar-refractivity contribution < 1.29 is 4.39 Å². The average Bonchev–Trinajstić information content (AvgIpc) is 3.43. The molecule has 7 heteroatoms. The van der Waals surface area contributed by atoms with E-state index in [2.05, 4.69) is 35.9 Å². The van der Waals surface area contributed by atoms with Crippen molar-refractivity contribution in [3.8, 4) is 22.5 Å². The van der Waals surface area contributed by atoms with Crippen LogP contribution in [0.25, 0.3) is 33.4 Å². The van der Waals surface area contributed by atoms with Crippen molar-refractivity contribution >= 4 is 16.7 Å². The summed E-state index contributed by atoms with van der Waals surface area (Å²) < 4.78 is 16.1. The van der Waals surface area contributed by atoms with Crippen LogP contribution >= 0.6 is 0 Å². The Morgan fingerprint density at radius 2 is 1.72 bits per heavy atom. The van der Waals surface area contributed by atoms with Crippen LogP contribution in [0.2, 0.25) is 0 Å². The number of hydrogen-bond acceptors (Lipinski definition) is 4. The first-order valence-electron chi connectivity index (χ1n) is 10.5. The first-order chi connectivity index (χ1) is 15.6. The van der Waals surface area contributed by atoms with Gasteiger partial charge in [0, 0.05) is 47.6 Å². The monoisotopic (exact) mass is 426 g/mol. The highest BCUT2D eigenvalue weighted by Gasteiger charge is 2.10. The Labute approximate surface area is 185 Å². The number of rotatable bonds is 6. The van der Waals surface area contributed by atoms with E-state index >= 15 is 0 Å². The van der Waals surface area contributed by atoms with Gasteiger partial charge in [-0.25, -0.2) is 19.3 Å². The molecule has 0 saturated heterocycles. The predicted molar refractivity (Wildman–Crippen MR) is 125 cm³/mol. The van der Waals surface area contributed by atoms with Crippen molar-refractivity contribution in [3.63, 3.8) is 0 Å². The number of fused-ring (bicyclic) bond motifs is 1. The van der Waals surface area contributed by atoms with E-state index in [1.165, 1.54) is 0 Å². The summed E-state index contributed by atoms with van der Waals surface area (Å²) in [6.45, 7) is 5.36. The molecule has 5 rings (SSSR count). The van der Waals surface area contributed by atoms with Gasteiger partial charge in [-0.2, -0.15) is 0 Å². The van der Waals surface area contributed by atoms with E-state index in [0.29, 0.717) is 13.1 Å². The molecule has 6 nitrogen and oxygen atoms in total. The summed E-state index contributed by atoms with van der Waals surface area (Å²) in [6.07, 6.45) is 5.10. The lowest BCUT2D eigenvalue weighted by Crippen LogP contribution is -2.12. The molecule has 0 unspecified atom stereocenters. The van der Waals surface area contributed by atoms with Crippen molar-refractivity contribution in [1.29, 1.82) is 0 Å². The highest BCUT2D eigenvalue weighted by atomic mass is 19.1. The Morgan fingerprint density at radius 1 is 0.938 bits per heavy atom. The Hall–Kier alpha value is -4.00. The molecule has 3 heterocycles. The number of H-pyrrole nitrogens is 1. The van der Waals surface area contributed by atoms with E-state index in [4.69, 9.17) is 0 Å². The van der Waals surface area contributed by atoms with Gasteiger partial charge in [0.05, 0.1) is 23.2 Å². The molecule has 0 aliphatic carbocycles. The van der Waals surface area contributed by atoms with Crippen LogP contribution in [0.5, 0.6) is 0 Å². The number of nitrogens with zero attached hydrogens (tertiary/aromatic N) is 4. The van der Waals surface area contributed by atoms with E-state index < -0.39 is 0 Å². The number of aromatic nitrogens is 5. The van der Waals surface area contributed by atoms with Crippen LogP contribution in [0, 0.1) is 19.7 Å². The maximum absolute atomic E-state index is 13.9. The number of nitrogens with one attached hydrogen (secondary N) is 2. The zero-order valence-electron chi connectivity index (χ0n) is 17.9. The number of aromatic amines is 1. The number of aryl methyl sites for hydroxylation is 2. The maximum Gasteiger partial charge on any atom is 0.130 e. The molecule has 3 aromatic heterocycles. The van der Waals surface area contributed by atoms with Crippen LogP contribution in [0.3, 0.4) is 0 Å². The molecule has 2 aromatic carbocycles. The number of imidazole rings is 1. The average molecular weight is 426 g/mol. The van der Waals surface area contributed by atoms with Gasteiger partial charge in [0.1, 0.15) is 18.0 Å². The summed E-state index contributed by atoms with van der Waals surface area (Å²) in [4.78, 5) is 16.0. The second kappa shape index (κ2) is 8.26. The molecular formula is C25H23FN6. The molecule has 2 N–H and O–H groups in total. The zero-order valence-corrected chi connectivity index (χ0v) is 17.9. The highest BCUT2D eigenvalue weighted by molar-refractivity contribution is 5.84. The van der Waals surface area contributed by atoms with Crippen LogP contribution in [-0.2, 0) is 6.54 Å². The van der Waals surface area contributed by atoms with Crippen LogP contribution in [-0.4, -0.2) is 31.0 Å². The van der Waals surface area contributed by atoms with Gasteiger partial charge in [-0.15, -0.1) is 0 Å². The minimum atomic E-state index is -0.207. The molecule has 0 bridgehead atoms. The number of hydrogen-bond donors (Lipinski definition) is 2. The minimum absolute atomic E-state index is 0.207. The Kier molecular flexibility index (Phi) is 5.15. The minimum Gasteiger partial charge on any atom is -0.368 e. The molecule has 0 aliphatic rings. The second-order valence-electron chi connectivity index (χ2n) is 7.84. The molecule has 0 amide bonds. The third-order valence-corrected chi connectivity index (χ3v) is 5.68. The van der Waals surface area contributed by atoms with E-state index in [0.717, 1.165) is 50.5 Å². The fraction of sp³-hybridized carbons (Fsp3) is 0.160.